The van der Waals surface area contributed by atoms with Crippen LogP contribution in [0.5, 0.6) is 0 Å². The number of piperidine rings is 1. The molecular weight excluding hydrogens is 328 g/mol. The molecule has 0 saturated carbocycles. The maximum Gasteiger partial charge on any atom is 0.0507 e. The van der Waals surface area contributed by atoms with E-state index in [-0.39, 0.29) is 0 Å². The Labute approximate surface area is 157 Å². The predicted octanol–water partition coefficient (Wildman–Crippen LogP) is 5.57. The molecule has 2 aromatic rings. The van der Waals surface area contributed by atoms with Gasteiger partial charge < -0.3 is 5.32 Å². The Bertz CT molecular complexity index is 668. The zero-order chi connectivity index (χ0) is 17.8. The van der Waals surface area contributed by atoms with Gasteiger partial charge in [0.2, 0.25) is 0 Å². The largest absolute Gasteiger partial charge is 0.317 e. The monoisotopic (exact) mass is 356 g/mol. The molecule has 1 fully saturated rings. The molecule has 1 N–H and O–H groups in total. The molecule has 0 spiro atoms. The summed E-state index contributed by atoms with van der Waals surface area (Å²) in [6.07, 6.45) is 7.03. The quantitative estimate of drug-likeness (QED) is 0.757. The summed E-state index contributed by atoms with van der Waals surface area (Å²) in [7, 11) is 0. The van der Waals surface area contributed by atoms with E-state index in [1.807, 2.05) is 12.3 Å². The van der Waals surface area contributed by atoms with Gasteiger partial charge in [0, 0.05) is 17.1 Å². The average Bonchev–Trinajstić information content (AvgIpc) is 2.58. The first-order valence-electron chi connectivity index (χ1n) is 9.44. The topological polar surface area (TPSA) is 24.9 Å². The fourth-order valence-electron chi connectivity index (χ4n) is 4.13. The molecule has 3 rings (SSSR count). The Morgan fingerprint density at radius 3 is 2.56 bits per heavy atom. The minimum absolute atomic E-state index is 0.354. The van der Waals surface area contributed by atoms with Gasteiger partial charge in [-0.15, -0.1) is 0 Å². The molecule has 1 aliphatic rings. The number of rotatable bonds is 5. The van der Waals surface area contributed by atoms with Crippen molar-refractivity contribution in [2.75, 3.05) is 13.1 Å². The molecule has 1 saturated heterocycles. The fourth-order valence-corrected chi connectivity index (χ4v) is 4.36. The van der Waals surface area contributed by atoms with Gasteiger partial charge in [-0.05, 0) is 99.8 Å². The lowest BCUT2D eigenvalue weighted by Crippen LogP contribution is -2.28. The van der Waals surface area contributed by atoms with Crippen molar-refractivity contribution in [3.63, 3.8) is 0 Å². The van der Waals surface area contributed by atoms with Crippen LogP contribution in [-0.4, -0.2) is 18.1 Å². The van der Waals surface area contributed by atoms with E-state index in [1.54, 1.807) is 0 Å². The van der Waals surface area contributed by atoms with E-state index in [9.17, 15) is 0 Å². The molecule has 1 aromatic carbocycles. The first kappa shape index (κ1) is 18.4. The Morgan fingerprint density at radius 1 is 1.12 bits per heavy atom. The summed E-state index contributed by atoms with van der Waals surface area (Å²) in [6.45, 7) is 8.80. The van der Waals surface area contributed by atoms with E-state index >= 15 is 0 Å². The van der Waals surface area contributed by atoms with Gasteiger partial charge in [-0.1, -0.05) is 23.7 Å². The van der Waals surface area contributed by atoms with Crippen LogP contribution >= 0.6 is 11.6 Å². The van der Waals surface area contributed by atoms with E-state index in [0.717, 1.165) is 30.5 Å². The van der Waals surface area contributed by atoms with Crippen LogP contribution < -0.4 is 5.32 Å². The highest BCUT2D eigenvalue weighted by Gasteiger charge is 2.22. The molecule has 1 aromatic heterocycles. The minimum Gasteiger partial charge on any atom is -0.317 e. The number of aryl methyl sites for hydroxylation is 3. The highest BCUT2D eigenvalue weighted by atomic mass is 35.5. The van der Waals surface area contributed by atoms with Crippen LogP contribution in [0, 0.1) is 26.7 Å². The normalized spacial score (nSPS) is 16.8. The minimum atomic E-state index is 0.354. The van der Waals surface area contributed by atoms with Crippen LogP contribution in [0.15, 0.2) is 30.5 Å². The fraction of sp³-hybridized carbons (Fsp3) is 0.500. The summed E-state index contributed by atoms with van der Waals surface area (Å²) in [5.74, 6) is 1.19. The van der Waals surface area contributed by atoms with E-state index in [2.05, 4.69) is 44.3 Å². The molecule has 134 valence electrons. The molecule has 1 atom stereocenters. The van der Waals surface area contributed by atoms with Crippen molar-refractivity contribution in [2.24, 2.45) is 5.92 Å². The molecular formula is C22H29ClN2. The summed E-state index contributed by atoms with van der Waals surface area (Å²) >= 11 is 6.20. The van der Waals surface area contributed by atoms with Gasteiger partial charge in [0.15, 0.2) is 0 Å². The van der Waals surface area contributed by atoms with Gasteiger partial charge >= 0.3 is 0 Å². The SMILES string of the molecule is Cc1cnc(C(CCC2CCNCC2)c2ccc(Cl)cc2C)c(C)c1. The summed E-state index contributed by atoms with van der Waals surface area (Å²) in [4.78, 5) is 4.84. The third kappa shape index (κ3) is 4.62. The summed E-state index contributed by atoms with van der Waals surface area (Å²) in [5, 5.41) is 4.28. The van der Waals surface area contributed by atoms with Gasteiger partial charge in [0.05, 0.1) is 5.69 Å². The van der Waals surface area contributed by atoms with Crippen LogP contribution in [0.1, 0.15) is 59.5 Å². The van der Waals surface area contributed by atoms with Crippen molar-refractivity contribution in [3.8, 4) is 0 Å². The van der Waals surface area contributed by atoms with Crippen LogP contribution in [0.4, 0.5) is 0 Å². The summed E-state index contributed by atoms with van der Waals surface area (Å²) in [6, 6.07) is 8.56. The van der Waals surface area contributed by atoms with E-state index < -0.39 is 0 Å². The Morgan fingerprint density at radius 2 is 1.88 bits per heavy atom. The van der Waals surface area contributed by atoms with Crippen molar-refractivity contribution in [1.29, 1.82) is 0 Å². The highest BCUT2D eigenvalue weighted by Crippen LogP contribution is 2.35. The molecule has 0 bridgehead atoms. The second-order valence-corrected chi connectivity index (χ2v) is 7.98. The van der Waals surface area contributed by atoms with Crippen LogP contribution in [0.2, 0.25) is 5.02 Å². The lowest BCUT2D eigenvalue weighted by Gasteiger charge is -2.26. The van der Waals surface area contributed by atoms with Crippen molar-refractivity contribution in [3.05, 3.63) is 63.4 Å². The van der Waals surface area contributed by atoms with Crippen molar-refractivity contribution < 1.29 is 0 Å². The number of nitrogens with one attached hydrogen (secondary N) is 1. The maximum atomic E-state index is 6.20. The standard InChI is InChI=1S/C22H29ClN2/c1-15-12-17(3)22(25-14-15)21(6-4-18-8-10-24-11-9-18)20-7-5-19(23)13-16(20)2/h5,7,12-14,18,21,24H,4,6,8-11H2,1-3H3. The van der Waals surface area contributed by atoms with Gasteiger partial charge in [0.1, 0.15) is 0 Å². The van der Waals surface area contributed by atoms with E-state index in [4.69, 9.17) is 16.6 Å². The molecule has 1 aliphatic heterocycles. The van der Waals surface area contributed by atoms with E-state index in [0.29, 0.717) is 5.92 Å². The van der Waals surface area contributed by atoms with Crippen LogP contribution in [-0.2, 0) is 0 Å². The number of hydrogen-bond acceptors (Lipinski definition) is 2. The Balaban J connectivity index is 1.89. The lowest BCUT2D eigenvalue weighted by molar-refractivity contribution is 0.341. The predicted molar refractivity (Wildman–Crippen MR) is 107 cm³/mol. The van der Waals surface area contributed by atoms with Gasteiger partial charge in [0.25, 0.3) is 0 Å². The zero-order valence-electron chi connectivity index (χ0n) is 15.6. The third-order valence-electron chi connectivity index (χ3n) is 5.52. The smallest absolute Gasteiger partial charge is 0.0507 e. The van der Waals surface area contributed by atoms with Crippen LogP contribution in [0.25, 0.3) is 0 Å². The molecule has 2 heterocycles. The Kier molecular flexibility index (Phi) is 6.14. The average molecular weight is 357 g/mol. The maximum absolute atomic E-state index is 6.20. The summed E-state index contributed by atoms with van der Waals surface area (Å²) < 4.78 is 0. The third-order valence-corrected chi connectivity index (χ3v) is 5.75. The van der Waals surface area contributed by atoms with Gasteiger partial charge in [-0.25, -0.2) is 0 Å². The molecule has 1 unspecified atom stereocenters. The van der Waals surface area contributed by atoms with Crippen molar-refractivity contribution >= 4 is 11.6 Å². The number of pyridine rings is 1. The van der Waals surface area contributed by atoms with E-state index in [1.165, 1.54) is 47.2 Å². The number of aromatic nitrogens is 1. The van der Waals surface area contributed by atoms with Gasteiger partial charge in [-0.3, -0.25) is 4.98 Å². The molecule has 0 aliphatic carbocycles. The first-order chi connectivity index (χ1) is 12.0. The zero-order valence-corrected chi connectivity index (χ0v) is 16.4. The van der Waals surface area contributed by atoms with Crippen molar-refractivity contribution in [2.45, 2.75) is 52.4 Å². The highest BCUT2D eigenvalue weighted by molar-refractivity contribution is 6.30. The number of hydrogen-bond donors (Lipinski definition) is 1. The van der Waals surface area contributed by atoms with Crippen LogP contribution in [0.3, 0.4) is 0 Å². The number of nitrogens with zero attached hydrogens (tertiary/aromatic N) is 1. The van der Waals surface area contributed by atoms with Crippen molar-refractivity contribution in [1.82, 2.24) is 10.3 Å². The second kappa shape index (κ2) is 8.33. The number of benzene rings is 1. The summed E-state index contributed by atoms with van der Waals surface area (Å²) in [5.41, 5.74) is 6.39. The lowest BCUT2D eigenvalue weighted by atomic mass is 9.82. The number of halogens is 1. The molecule has 2 nitrogen and oxygen atoms in total. The second-order valence-electron chi connectivity index (χ2n) is 7.54. The Hall–Kier alpha value is -1.38. The first-order valence-corrected chi connectivity index (χ1v) is 9.82. The molecule has 25 heavy (non-hydrogen) atoms. The molecule has 3 heteroatoms. The van der Waals surface area contributed by atoms with Gasteiger partial charge in [-0.2, -0.15) is 0 Å². The molecule has 0 amide bonds. The molecule has 0 radical (unpaired) electrons.